The van der Waals surface area contributed by atoms with Gasteiger partial charge in [0.05, 0.1) is 5.69 Å². The molecule has 0 radical (unpaired) electrons. The topological polar surface area (TPSA) is 41.1 Å². The normalized spacial score (nSPS) is 15.6. The number of anilines is 2. The smallest absolute Gasteiger partial charge is 0.227 e. The van der Waals surface area contributed by atoms with Crippen molar-refractivity contribution in [3.05, 3.63) is 36.4 Å². The van der Waals surface area contributed by atoms with Crippen molar-refractivity contribution >= 4 is 11.8 Å². The van der Waals surface area contributed by atoms with Crippen LogP contribution >= 0.6 is 0 Å². The summed E-state index contributed by atoms with van der Waals surface area (Å²) in [5.41, 5.74) is 2.11. The Balaban J connectivity index is 1.96. The second-order valence-corrected chi connectivity index (χ2v) is 5.46. The molecule has 0 bridgehead atoms. The van der Waals surface area contributed by atoms with Crippen molar-refractivity contribution in [2.45, 2.75) is 25.7 Å². The predicted molar refractivity (Wildman–Crippen MR) is 87.7 cm³/mol. The fourth-order valence-electron chi connectivity index (χ4n) is 2.73. The molecule has 1 fully saturated rings. The third-order valence-electron chi connectivity index (χ3n) is 3.93. The highest BCUT2D eigenvalue weighted by molar-refractivity contribution is 5.64. The number of hydrogen-bond donors (Lipinski definition) is 1. The average molecular weight is 282 g/mol. The number of nitrogens with one attached hydrogen (secondary N) is 1. The average Bonchev–Trinajstić information content (AvgIpc) is 2.84. The van der Waals surface area contributed by atoms with Gasteiger partial charge in [-0.1, -0.05) is 43.2 Å². The van der Waals surface area contributed by atoms with E-state index in [-0.39, 0.29) is 0 Å². The van der Waals surface area contributed by atoms with Gasteiger partial charge in [0, 0.05) is 31.8 Å². The number of nitrogens with zero attached hydrogens (tertiary/aromatic N) is 3. The van der Waals surface area contributed by atoms with Gasteiger partial charge in [-0.3, -0.25) is 0 Å². The van der Waals surface area contributed by atoms with Gasteiger partial charge in [-0.15, -0.1) is 0 Å². The van der Waals surface area contributed by atoms with Gasteiger partial charge < -0.3 is 10.2 Å². The van der Waals surface area contributed by atoms with Crippen LogP contribution in [0.4, 0.5) is 11.8 Å². The van der Waals surface area contributed by atoms with E-state index in [4.69, 9.17) is 4.98 Å². The maximum atomic E-state index is 4.79. The SMILES string of the molecule is CNc1cc(-c2ccccc2)nc(N2CCCCCC2)n1. The second kappa shape index (κ2) is 6.57. The van der Waals surface area contributed by atoms with Crippen molar-refractivity contribution in [1.82, 2.24) is 9.97 Å². The van der Waals surface area contributed by atoms with E-state index < -0.39 is 0 Å². The molecule has 1 aromatic heterocycles. The molecule has 0 saturated carbocycles. The zero-order valence-electron chi connectivity index (χ0n) is 12.5. The lowest BCUT2D eigenvalue weighted by Crippen LogP contribution is -2.26. The molecule has 1 aliphatic rings. The Morgan fingerprint density at radius 3 is 2.33 bits per heavy atom. The van der Waals surface area contributed by atoms with Crippen molar-refractivity contribution in [3.8, 4) is 11.3 Å². The highest BCUT2D eigenvalue weighted by atomic mass is 15.3. The Labute approximate surface area is 126 Å². The van der Waals surface area contributed by atoms with Gasteiger partial charge in [0.2, 0.25) is 5.95 Å². The van der Waals surface area contributed by atoms with Crippen molar-refractivity contribution in [3.63, 3.8) is 0 Å². The summed E-state index contributed by atoms with van der Waals surface area (Å²) in [7, 11) is 1.91. The zero-order chi connectivity index (χ0) is 14.5. The Morgan fingerprint density at radius 2 is 1.67 bits per heavy atom. The minimum atomic E-state index is 0.850. The lowest BCUT2D eigenvalue weighted by atomic mass is 10.1. The lowest BCUT2D eigenvalue weighted by Gasteiger charge is -2.21. The first kappa shape index (κ1) is 13.9. The van der Waals surface area contributed by atoms with Crippen LogP contribution in [-0.2, 0) is 0 Å². The Kier molecular flexibility index (Phi) is 4.34. The molecule has 1 aromatic carbocycles. The van der Waals surface area contributed by atoms with E-state index in [0.717, 1.165) is 36.1 Å². The summed E-state index contributed by atoms with van der Waals surface area (Å²) < 4.78 is 0. The first-order valence-electron chi connectivity index (χ1n) is 7.74. The van der Waals surface area contributed by atoms with E-state index in [1.54, 1.807) is 0 Å². The van der Waals surface area contributed by atoms with Gasteiger partial charge in [-0.05, 0) is 12.8 Å². The summed E-state index contributed by atoms with van der Waals surface area (Å²) in [6, 6.07) is 12.3. The van der Waals surface area contributed by atoms with Gasteiger partial charge in [0.15, 0.2) is 0 Å². The Bertz CT molecular complexity index is 575. The molecular formula is C17H22N4. The largest absolute Gasteiger partial charge is 0.373 e. The summed E-state index contributed by atoms with van der Waals surface area (Å²) in [6.45, 7) is 2.11. The van der Waals surface area contributed by atoms with Crippen LogP contribution in [0.3, 0.4) is 0 Å². The highest BCUT2D eigenvalue weighted by Crippen LogP contribution is 2.24. The molecule has 4 heteroatoms. The van der Waals surface area contributed by atoms with Crippen LogP contribution in [0.2, 0.25) is 0 Å². The quantitative estimate of drug-likeness (QED) is 0.934. The number of rotatable bonds is 3. The second-order valence-electron chi connectivity index (χ2n) is 5.46. The standard InChI is InChI=1S/C17H22N4/c1-18-16-13-15(14-9-5-4-6-10-14)19-17(20-16)21-11-7-2-3-8-12-21/h4-6,9-10,13H,2-3,7-8,11-12H2,1H3,(H,18,19,20). The highest BCUT2D eigenvalue weighted by Gasteiger charge is 2.14. The molecule has 0 spiro atoms. The van der Waals surface area contributed by atoms with Gasteiger partial charge in [0.25, 0.3) is 0 Å². The van der Waals surface area contributed by atoms with Crippen molar-refractivity contribution in [2.75, 3.05) is 30.4 Å². The first-order chi connectivity index (χ1) is 10.4. The molecule has 0 unspecified atom stereocenters. The number of hydrogen-bond acceptors (Lipinski definition) is 4. The third kappa shape index (κ3) is 3.32. The van der Waals surface area contributed by atoms with Crippen LogP contribution < -0.4 is 10.2 Å². The maximum Gasteiger partial charge on any atom is 0.227 e. The summed E-state index contributed by atoms with van der Waals surface area (Å²) >= 11 is 0. The monoisotopic (exact) mass is 282 g/mol. The number of aromatic nitrogens is 2. The molecule has 1 saturated heterocycles. The molecule has 0 amide bonds. The molecule has 1 N–H and O–H groups in total. The molecule has 2 aromatic rings. The van der Waals surface area contributed by atoms with E-state index >= 15 is 0 Å². The minimum Gasteiger partial charge on any atom is -0.373 e. The van der Waals surface area contributed by atoms with Crippen molar-refractivity contribution in [1.29, 1.82) is 0 Å². The minimum absolute atomic E-state index is 0.850. The third-order valence-corrected chi connectivity index (χ3v) is 3.93. The fraction of sp³-hybridized carbons (Fsp3) is 0.412. The molecule has 110 valence electrons. The first-order valence-corrected chi connectivity index (χ1v) is 7.74. The van der Waals surface area contributed by atoms with Crippen LogP contribution in [-0.4, -0.2) is 30.1 Å². The molecule has 3 rings (SSSR count). The van der Waals surface area contributed by atoms with Gasteiger partial charge in [-0.2, -0.15) is 4.98 Å². The summed E-state index contributed by atoms with van der Waals surface area (Å²) in [5.74, 6) is 1.73. The fourth-order valence-corrected chi connectivity index (χ4v) is 2.73. The van der Waals surface area contributed by atoms with Gasteiger partial charge in [-0.25, -0.2) is 4.98 Å². The van der Waals surface area contributed by atoms with Crippen LogP contribution in [0.15, 0.2) is 36.4 Å². The number of benzene rings is 1. The lowest BCUT2D eigenvalue weighted by molar-refractivity contribution is 0.726. The molecular weight excluding hydrogens is 260 g/mol. The molecule has 4 nitrogen and oxygen atoms in total. The molecule has 2 heterocycles. The predicted octanol–water partition coefficient (Wildman–Crippen LogP) is 3.57. The Hall–Kier alpha value is -2.10. The molecule has 1 aliphatic heterocycles. The maximum absolute atomic E-state index is 4.79. The van der Waals surface area contributed by atoms with E-state index in [9.17, 15) is 0 Å². The molecule has 0 atom stereocenters. The van der Waals surface area contributed by atoms with Crippen molar-refractivity contribution in [2.24, 2.45) is 0 Å². The van der Waals surface area contributed by atoms with E-state index in [1.165, 1.54) is 25.7 Å². The van der Waals surface area contributed by atoms with Gasteiger partial charge in [0.1, 0.15) is 5.82 Å². The summed E-state index contributed by atoms with van der Waals surface area (Å²) in [6.07, 6.45) is 5.09. The van der Waals surface area contributed by atoms with E-state index in [1.807, 2.05) is 31.3 Å². The molecule has 21 heavy (non-hydrogen) atoms. The van der Waals surface area contributed by atoms with E-state index in [2.05, 4.69) is 27.3 Å². The molecule has 0 aliphatic carbocycles. The van der Waals surface area contributed by atoms with Crippen molar-refractivity contribution < 1.29 is 0 Å². The van der Waals surface area contributed by atoms with Gasteiger partial charge >= 0.3 is 0 Å². The van der Waals surface area contributed by atoms with Crippen LogP contribution in [0.5, 0.6) is 0 Å². The van der Waals surface area contributed by atoms with E-state index in [0.29, 0.717) is 0 Å². The van der Waals surface area contributed by atoms with Crippen LogP contribution in [0.25, 0.3) is 11.3 Å². The Morgan fingerprint density at radius 1 is 0.952 bits per heavy atom. The zero-order valence-corrected chi connectivity index (χ0v) is 12.5. The van der Waals surface area contributed by atoms with Crippen LogP contribution in [0.1, 0.15) is 25.7 Å². The summed E-state index contributed by atoms with van der Waals surface area (Å²) in [5, 5.41) is 3.15. The summed E-state index contributed by atoms with van der Waals surface area (Å²) in [4.78, 5) is 11.8. The van der Waals surface area contributed by atoms with Crippen LogP contribution in [0, 0.1) is 0 Å².